The maximum atomic E-state index is 4.90. The van der Waals surface area contributed by atoms with E-state index in [2.05, 4.69) is 15.5 Å². The molecule has 0 aliphatic carbocycles. The Morgan fingerprint density at radius 1 is 1.46 bits per heavy atom. The van der Waals surface area contributed by atoms with Gasteiger partial charge in [0.15, 0.2) is 5.82 Å². The summed E-state index contributed by atoms with van der Waals surface area (Å²) in [6.07, 6.45) is 3.45. The van der Waals surface area contributed by atoms with E-state index in [9.17, 15) is 0 Å². The second-order valence-electron chi connectivity index (χ2n) is 2.69. The fourth-order valence-electron chi connectivity index (χ4n) is 1.01. The Hall–Kier alpha value is -1.84. The molecule has 0 radical (unpaired) electrons. The summed E-state index contributed by atoms with van der Waals surface area (Å²) in [7, 11) is 0. The highest BCUT2D eigenvalue weighted by atomic mass is 16.5. The van der Waals surface area contributed by atoms with Crippen LogP contribution in [0.3, 0.4) is 0 Å². The maximum absolute atomic E-state index is 4.90. The Bertz CT molecular complexity index is 383. The van der Waals surface area contributed by atoms with Crippen molar-refractivity contribution in [1.82, 2.24) is 10.1 Å². The van der Waals surface area contributed by atoms with E-state index in [1.165, 1.54) is 0 Å². The first-order valence-electron chi connectivity index (χ1n) is 3.95. The molecule has 0 unspecified atom stereocenters. The first-order valence-corrected chi connectivity index (χ1v) is 3.95. The Morgan fingerprint density at radius 3 is 3.00 bits per heavy atom. The van der Waals surface area contributed by atoms with Gasteiger partial charge in [0.1, 0.15) is 5.76 Å². The van der Waals surface area contributed by atoms with Crippen LogP contribution in [0.15, 0.2) is 35.1 Å². The lowest BCUT2D eigenvalue weighted by Gasteiger charge is -1.98. The van der Waals surface area contributed by atoms with Gasteiger partial charge in [0, 0.05) is 12.3 Å². The number of aromatic nitrogens is 2. The van der Waals surface area contributed by atoms with Crippen LogP contribution in [-0.4, -0.2) is 10.1 Å². The number of pyridine rings is 1. The first kappa shape index (κ1) is 7.79. The van der Waals surface area contributed by atoms with Crippen LogP contribution in [0.2, 0.25) is 0 Å². The molecule has 0 spiro atoms. The predicted molar refractivity (Wildman–Crippen MR) is 48.8 cm³/mol. The predicted octanol–water partition coefficient (Wildman–Crippen LogP) is 2.12. The van der Waals surface area contributed by atoms with Crippen LogP contribution in [0.4, 0.5) is 11.5 Å². The smallest absolute Gasteiger partial charge is 0.174 e. The molecule has 4 nitrogen and oxygen atoms in total. The summed E-state index contributed by atoms with van der Waals surface area (Å²) in [5.74, 6) is 1.48. The molecule has 4 heteroatoms. The number of nitrogens with zero attached hydrogens (tertiary/aromatic N) is 2. The van der Waals surface area contributed by atoms with Crippen molar-refractivity contribution in [2.45, 2.75) is 6.92 Å². The van der Waals surface area contributed by atoms with Crippen molar-refractivity contribution in [3.63, 3.8) is 0 Å². The number of rotatable bonds is 2. The van der Waals surface area contributed by atoms with Gasteiger partial charge in [0.25, 0.3) is 0 Å². The molecule has 2 aromatic heterocycles. The van der Waals surface area contributed by atoms with Crippen LogP contribution < -0.4 is 5.32 Å². The minimum atomic E-state index is 0.700. The zero-order chi connectivity index (χ0) is 9.10. The number of hydrogen-bond acceptors (Lipinski definition) is 4. The summed E-state index contributed by atoms with van der Waals surface area (Å²) < 4.78 is 4.90. The van der Waals surface area contributed by atoms with Gasteiger partial charge in [-0.25, -0.2) is 0 Å². The molecular weight excluding hydrogens is 166 g/mol. The van der Waals surface area contributed by atoms with Gasteiger partial charge in [-0.05, 0) is 19.1 Å². The second-order valence-corrected chi connectivity index (χ2v) is 2.69. The van der Waals surface area contributed by atoms with Crippen molar-refractivity contribution >= 4 is 11.5 Å². The molecule has 0 saturated carbocycles. The summed E-state index contributed by atoms with van der Waals surface area (Å²) in [6, 6.07) is 5.60. The van der Waals surface area contributed by atoms with Crippen molar-refractivity contribution in [2.24, 2.45) is 0 Å². The second kappa shape index (κ2) is 3.26. The number of hydrogen-bond donors (Lipinski definition) is 1. The topological polar surface area (TPSA) is 51.0 Å². The zero-order valence-corrected chi connectivity index (χ0v) is 7.19. The Labute approximate surface area is 75.6 Å². The Balaban J connectivity index is 2.15. The first-order chi connectivity index (χ1) is 6.34. The molecule has 0 fully saturated rings. The summed E-state index contributed by atoms with van der Waals surface area (Å²) in [5, 5.41) is 6.85. The van der Waals surface area contributed by atoms with Crippen molar-refractivity contribution in [1.29, 1.82) is 0 Å². The normalized spacial score (nSPS) is 9.92. The lowest BCUT2D eigenvalue weighted by Crippen LogP contribution is -1.89. The number of aryl methyl sites for hydroxylation is 1. The van der Waals surface area contributed by atoms with Gasteiger partial charge in [-0.15, -0.1) is 0 Å². The molecule has 66 valence electrons. The van der Waals surface area contributed by atoms with Crippen LogP contribution in [0.5, 0.6) is 0 Å². The zero-order valence-electron chi connectivity index (χ0n) is 7.19. The lowest BCUT2D eigenvalue weighted by molar-refractivity contribution is 0.400. The minimum Gasteiger partial charge on any atom is -0.360 e. The molecule has 2 aromatic rings. The van der Waals surface area contributed by atoms with Gasteiger partial charge in [0.2, 0.25) is 0 Å². The minimum absolute atomic E-state index is 0.700. The van der Waals surface area contributed by atoms with Crippen molar-refractivity contribution in [3.8, 4) is 0 Å². The lowest BCUT2D eigenvalue weighted by atomic mass is 10.4. The molecule has 2 rings (SSSR count). The fourth-order valence-corrected chi connectivity index (χ4v) is 1.01. The molecule has 0 aliphatic rings. The van der Waals surface area contributed by atoms with E-state index in [1.54, 1.807) is 12.4 Å². The quantitative estimate of drug-likeness (QED) is 0.759. The molecule has 1 N–H and O–H groups in total. The number of anilines is 2. The third-order valence-electron chi connectivity index (χ3n) is 1.56. The van der Waals surface area contributed by atoms with Gasteiger partial charge >= 0.3 is 0 Å². The van der Waals surface area contributed by atoms with E-state index in [0.717, 1.165) is 11.4 Å². The highest BCUT2D eigenvalue weighted by molar-refractivity contribution is 5.53. The van der Waals surface area contributed by atoms with E-state index >= 15 is 0 Å². The van der Waals surface area contributed by atoms with Crippen LogP contribution >= 0.6 is 0 Å². The highest BCUT2D eigenvalue weighted by Crippen LogP contribution is 2.13. The third kappa shape index (κ3) is 1.84. The fraction of sp³-hybridized carbons (Fsp3) is 0.111. The van der Waals surface area contributed by atoms with Gasteiger partial charge in [-0.3, -0.25) is 4.98 Å². The van der Waals surface area contributed by atoms with Gasteiger partial charge < -0.3 is 9.84 Å². The third-order valence-corrected chi connectivity index (χ3v) is 1.56. The van der Waals surface area contributed by atoms with E-state index in [4.69, 9.17) is 4.52 Å². The summed E-state index contributed by atoms with van der Waals surface area (Å²) in [6.45, 7) is 1.85. The molecule has 0 atom stereocenters. The van der Waals surface area contributed by atoms with Crippen molar-refractivity contribution in [2.75, 3.05) is 5.32 Å². The molecule has 13 heavy (non-hydrogen) atoms. The molecule has 0 bridgehead atoms. The average molecular weight is 175 g/mol. The van der Waals surface area contributed by atoms with E-state index in [1.807, 2.05) is 25.1 Å². The van der Waals surface area contributed by atoms with Gasteiger partial charge in [0.05, 0.1) is 11.9 Å². The Kier molecular flexibility index (Phi) is 1.96. The van der Waals surface area contributed by atoms with Crippen LogP contribution in [0, 0.1) is 6.92 Å². The van der Waals surface area contributed by atoms with Crippen LogP contribution in [-0.2, 0) is 0 Å². The molecule has 0 amide bonds. The molecular formula is C9H9N3O. The van der Waals surface area contributed by atoms with Gasteiger partial charge in [-0.1, -0.05) is 5.16 Å². The highest BCUT2D eigenvalue weighted by Gasteiger charge is 1.98. The molecule has 0 aliphatic heterocycles. The summed E-state index contributed by atoms with van der Waals surface area (Å²) in [4.78, 5) is 3.97. The van der Waals surface area contributed by atoms with Crippen molar-refractivity contribution < 1.29 is 4.52 Å². The molecule has 2 heterocycles. The van der Waals surface area contributed by atoms with E-state index in [-0.39, 0.29) is 0 Å². The van der Waals surface area contributed by atoms with E-state index < -0.39 is 0 Å². The SMILES string of the molecule is Cc1cc(Nc2cccnc2)no1. The van der Waals surface area contributed by atoms with E-state index in [0.29, 0.717) is 5.82 Å². The Morgan fingerprint density at radius 2 is 2.38 bits per heavy atom. The largest absolute Gasteiger partial charge is 0.360 e. The monoisotopic (exact) mass is 175 g/mol. The number of nitrogens with one attached hydrogen (secondary N) is 1. The molecule has 0 saturated heterocycles. The summed E-state index contributed by atoms with van der Waals surface area (Å²) >= 11 is 0. The van der Waals surface area contributed by atoms with Gasteiger partial charge in [-0.2, -0.15) is 0 Å². The standard InChI is InChI=1S/C9H9N3O/c1-7-5-9(12-13-7)11-8-3-2-4-10-6-8/h2-6H,1H3,(H,11,12). The van der Waals surface area contributed by atoms with Crippen LogP contribution in [0.1, 0.15) is 5.76 Å². The molecule has 0 aromatic carbocycles. The maximum Gasteiger partial charge on any atom is 0.174 e. The summed E-state index contributed by atoms with van der Waals surface area (Å²) in [5.41, 5.74) is 0.899. The van der Waals surface area contributed by atoms with Crippen LogP contribution in [0.25, 0.3) is 0 Å². The average Bonchev–Trinajstić information content (AvgIpc) is 2.53. The van der Waals surface area contributed by atoms with Crippen molar-refractivity contribution in [3.05, 3.63) is 36.4 Å².